The Morgan fingerprint density at radius 1 is 0.696 bits per heavy atom. The molecule has 0 unspecified atom stereocenters. The Hall–Kier alpha value is -3.13. The predicted molar refractivity (Wildman–Crippen MR) is 99.1 cm³/mol. The highest BCUT2D eigenvalue weighted by Gasteiger charge is 1.98. The summed E-state index contributed by atoms with van der Waals surface area (Å²) in [7, 11) is 0. The summed E-state index contributed by atoms with van der Waals surface area (Å²) in [5.41, 5.74) is 4.14. The van der Waals surface area contributed by atoms with Gasteiger partial charge in [-0.05, 0) is 29.8 Å². The molecule has 0 aliphatic heterocycles. The van der Waals surface area contributed by atoms with Crippen molar-refractivity contribution in [3.63, 3.8) is 0 Å². The van der Waals surface area contributed by atoms with Gasteiger partial charge in [0.1, 0.15) is 0 Å². The van der Waals surface area contributed by atoms with Gasteiger partial charge in [0, 0.05) is 23.7 Å². The van der Waals surface area contributed by atoms with Gasteiger partial charge in [-0.3, -0.25) is 4.99 Å². The second-order valence-corrected chi connectivity index (χ2v) is 5.07. The quantitative estimate of drug-likeness (QED) is 0.614. The maximum absolute atomic E-state index is 4.56. The van der Waals surface area contributed by atoms with Crippen LogP contribution in [0.25, 0.3) is 5.57 Å². The van der Waals surface area contributed by atoms with Gasteiger partial charge in [-0.2, -0.15) is 0 Å². The molecule has 3 aromatic rings. The van der Waals surface area contributed by atoms with Crippen LogP contribution >= 0.6 is 0 Å². The number of anilines is 1. The van der Waals surface area contributed by atoms with E-state index in [-0.39, 0.29) is 0 Å². The Labute approximate surface area is 136 Å². The minimum Gasteiger partial charge on any atom is -0.361 e. The molecule has 112 valence electrons. The third-order valence-electron chi connectivity index (χ3n) is 3.38. The van der Waals surface area contributed by atoms with E-state index in [4.69, 9.17) is 0 Å². The molecule has 2 nitrogen and oxygen atoms in total. The van der Waals surface area contributed by atoms with E-state index in [1.54, 1.807) is 0 Å². The van der Waals surface area contributed by atoms with Crippen molar-refractivity contribution >= 4 is 23.2 Å². The summed E-state index contributed by atoms with van der Waals surface area (Å²) in [6.07, 6.45) is 3.87. The topological polar surface area (TPSA) is 24.4 Å². The fourth-order valence-corrected chi connectivity index (χ4v) is 2.18. The number of para-hydroxylation sites is 2. The molecule has 0 atom stereocenters. The maximum atomic E-state index is 4.56. The van der Waals surface area contributed by atoms with E-state index in [0.29, 0.717) is 0 Å². The first-order valence-corrected chi connectivity index (χ1v) is 7.58. The zero-order chi connectivity index (χ0) is 15.7. The minimum atomic E-state index is 0.939. The summed E-state index contributed by atoms with van der Waals surface area (Å²) < 4.78 is 0. The molecule has 0 aromatic heterocycles. The van der Waals surface area contributed by atoms with E-state index in [1.165, 1.54) is 0 Å². The summed E-state index contributed by atoms with van der Waals surface area (Å²) >= 11 is 0. The molecule has 0 saturated carbocycles. The van der Waals surface area contributed by atoms with Gasteiger partial charge in [-0.1, -0.05) is 66.7 Å². The number of aliphatic imine (C=N–C) groups is 1. The zero-order valence-electron chi connectivity index (χ0n) is 12.8. The van der Waals surface area contributed by atoms with Crippen molar-refractivity contribution in [2.24, 2.45) is 4.99 Å². The smallest absolute Gasteiger partial charge is 0.0629 e. The van der Waals surface area contributed by atoms with Gasteiger partial charge in [-0.15, -0.1) is 0 Å². The van der Waals surface area contributed by atoms with Crippen LogP contribution in [0, 0.1) is 0 Å². The number of nitrogens with one attached hydrogen (secondary N) is 1. The number of benzene rings is 3. The van der Waals surface area contributed by atoms with E-state index in [0.717, 1.165) is 22.5 Å². The van der Waals surface area contributed by atoms with Gasteiger partial charge in [0.15, 0.2) is 0 Å². The molecule has 0 amide bonds. The van der Waals surface area contributed by atoms with Crippen LogP contribution in [0.4, 0.5) is 11.4 Å². The molecule has 3 rings (SSSR count). The normalized spacial score (nSPS) is 11.6. The molecule has 0 saturated heterocycles. The van der Waals surface area contributed by atoms with Crippen LogP contribution in [0.2, 0.25) is 0 Å². The van der Waals surface area contributed by atoms with E-state index in [9.17, 15) is 0 Å². The lowest BCUT2D eigenvalue weighted by molar-refractivity contribution is 1.53. The molecule has 0 heterocycles. The summed E-state index contributed by atoms with van der Waals surface area (Å²) in [5, 5.41) is 3.33. The maximum Gasteiger partial charge on any atom is 0.0629 e. The second-order valence-electron chi connectivity index (χ2n) is 5.07. The van der Waals surface area contributed by atoms with Crippen molar-refractivity contribution in [1.82, 2.24) is 0 Å². The lowest BCUT2D eigenvalue weighted by Gasteiger charge is -2.05. The number of nitrogens with zero attached hydrogens (tertiary/aromatic N) is 1. The lowest BCUT2D eigenvalue weighted by Crippen LogP contribution is -1.93. The molecule has 0 aliphatic carbocycles. The SMILES string of the molecule is C(=Nc1ccccc1)/C(=C/Nc1ccccc1)c1ccccc1. The molecule has 0 radical (unpaired) electrons. The first-order valence-electron chi connectivity index (χ1n) is 7.58. The van der Waals surface area contributed by atoms with Crippen LogP contribution in [0.15, 0.2) is 102 Å². The third-order valence-corrected chi connectivity index (χ3v) is 3.38. The van der Waals surface area contributed by atoms with Crippen molar-refractivity contribution in [3.8, 4) is 0 Å². The average molecular weight is 298 g/mol. The van der Waals surface area contributed by atoms with Crippen LogP contribution < -0.4 is 5.32 Å². The van der Waals surface area contributed by atoms with Crippen molar-refractivity contribution < 1.29 is 0 Å². The largest absolute Gasteiger partial charge is 0.361 e. The van der Waals surface area contributed by atoms with Crippen LogP contribution in [0.5, 0.6) is 0 Å². The standard InChI is InChI=1S/C21H18N2/c1-4-10-18(11-5-1)19(16-22-20-12-6-2-7-13-20)17-23-21-14-8-3-9-15-21/h1-17,22H/b19-16-,23-17?. The van der Waals surface area contributed by atoms with E-state index < -0.39 is 0 Å². The third kappa shape index (κ3) is 4.42. The number of allylic oxidation sites excluding steroid dienone is 1. The highest BCUT2D eigenvalue weighted by Crippen LogP contribution is 2.16. The number of rotatable bonds is 5. The second kappa shape index (κ2) is 7.76. The Balaban J connectivity index is 1.86. The van der Waals surface area contributed by atoms with Gasteiger partial charge < -0.3 is 5.32 Å². The Morgan fingerprint density at radius 2 is 1.26 bits per heavy atom. The number of hydrogen-bond donors (Lipinski definition) is 1. The van der Waals surface area contributed by atoms with Crippen molar-refractivity contribution in [2.45, 2.75) is 0 Å². The van der Waals surface area contributed by atoms with Crippen molar-refractivity contribution in [3.05, 3.63) is 103 Å². The molecule has 0 fully saturated rings. The van der Waals surface area contributed by atoms with Crippen molar-refractivity contribution in [2.75, 3.05) is 5.32 Å². The Bertz CT molecular complexity index is 776. The van der Waals surface area contributed by atoms with Crippen LogP contribution in [-0.4, -0.2) is 6.21 Å². The molecule has 0 bridgehead atoms. The Morgan fingerprint density at radius 3 is 1.91 bits per heavy atom. The van der Waals surface area contributed by atoms with Crippen LogP contribution in [0.1, 0.15) is 5.56 Å². The highest BCUT2D eigenvalue weighted by molar-refractivity contribution is 6.10. The lowest BCUT2D eigenvalue weighted by atomic mass is 10.1. The van der Waals surface area contributed by atoms with E-state index in [1.807, 2.05) is 91.3 Å². The van der Waals surface area contributed by atoms with Crippen molar-refractivity contribution in [1.29, 1.82) is 0 Å². The highest BCUT2D eigenvalue weighted by atomic mass is 14.8. The summed E-state index contributed by atoms with van der Waals surface area (Å²) in [4.78, 5) is 4.56. The average Bonchev–Trinajstić information content (AvgIpc) is 2.64. The zero-order valence-corrected chi connectivity index (χ0v) is 12.8. The molecule has 23 heavy (non-hydrogen) atoms. The van der Waals surface area contributed by atoms with Crippen LogP contribution in [0.3, 0.4) is 0 Å². The molecule has 1 N–H and O–H groups in total. The van der Waals surface area contributed by atoms with Gasteiger partial charge in [0.2, 0.25) is 0 Å². The molecule has 0 aliphatic rings. The molecular formula is C21H18N2. The van der Waals surface area contributed by atoms with Gasteiger partial charge in [0.05, 0.1) is 5.69 Å². The predicted octanol–water partition coefficient (Wildman–Crippen LogP) is 5.54. The first-order chi connectivity index (χ1) is 11.4. The number of hydrogen-bond acceptors (Lipinski definition) is 2. The van der Waals surface area contributed by atoms with Crippen LogP contribution in [-0.2, 0) is 0 Å². The molecule has 2 heteroatoms. The van der Waals surface area contributed by atoms with Gasteiger partial charge >= 0.3 is 0 Å². The monoisotopic (exact) mass is 298 g/mol. The fraction of sp³-hybridized carbons (Fsp3) is 0. The summed E-state index contributed by atoms with van der Waals surface area (Å²) in [6.45, 7) is 0. The van der Waals surface area contributed by atoms with Gasteiger partial charge in [-0.25, -0.2) is 0 Å². The first kappa shape index (κ1) is 14.8. The van der Waals surface area contributed by atoms with E-state index >= 15 is 0 Å². The molecule has 0 spiro atoms. The fourth-order valence-electron chi connectivity index (χ4n) is 2.18. The minimum absolute atomic E-state index is 0.939. The summed E-state index contributed by atoms with van der Waals surface area (Å²) in [6, 6.07) is 30.3. The Kier molecular flexibility index (Phi) is 4.99. The van der Waals surface area contributed by atoms with Gasteiger partial charge in [0.25, 0.3) is 0 Å². The molecule has 3 aromatic carbocycles. The summed E-state index contributed by atoms with van der Waals surface area (Å²) in [5.74, 6) is 0. The molecular weight excluding hydrogens is 280 g/mol. The van der Waals surface area contributed by atoms with E-state index in [2.05, 4.69) is 22.4 Å².